The molecule has 0 aliphatic rings. The Morgan fingerprint density at radius 2 is 1.66 bits per heavy atom. The van der Waals surface area contributed by atoms with E-state index in [0.717, 1.165) is 5.56 Å². The average Bonchev–Trinajstić information content (AvgIpc) is 2.72. The molecule has 7 nitrogen and oxygen atoms in total. The predicted octanol–water partition coefficient (Wildman–Crippen LogP) is 2.70. The smallest absolute Gasteiger partial charge is 0.255 e. The quantitative estimate of drug-likeness (QED) is 0.459. The summed E-state index contributed by atoms with van der Waals surface area (Å²) in [7, 11) is 0. The van der Waals surface area contributed by atoms with Crippen LogP contribution in [0.2, 0.25) is 0 Å². The van der Waals surface area contributed by atoms with Crippen molar-refractivity contribution in [3.63, 3.8) is 0 Å². The number of hydrogen-bond acceptors (Lipinski definition) is 6. The van der Waals surface area contributed by atoms with Gasteiger partial charge in [-0.05, 0) is 47.9 Å². The van der Waals surface area contributed by atoms with E-state index in [0.29, 0.717) is 41.2 Å². The molecule has 0 fully saturated rings. The predicted molar refractivity (Wildman–Crippen MR) is 114 cm³/mol. The van der Waals surface area contributed by atoms with Gasteiger partial charge in [0.25, 0.3) is 5.91 Å². The van der Waals surface area contributed by atoms with Gasteiger partial charge >= 0.3 is 0 Å². The van der Waals surface area contributed by atoms with Crippen LogP contribution >= 0.6 is 0 Å². The molecule has 1 aromatic heterocycles. The normalized spacial score (nSPS) is 11.6. The number of nitrogens with zero attached hydrogens (tertiary/aromatic N) is 1. The van der Waals surface area contributed by atoms with Crippen LogP contribution in [0.1, 0.15) is 33.9 Å². The lowest BCUT2D eigenvalue weighted by Gasteiger charge is -2.12. The lowest BCUT2D eigenvalue weighted by molar-refractivity contribution is -0.120. The molecule has 3 rings (SSSR count). The molecule has 0 aliphatic heterocycles. The van der Waals surface area contributed by atoms with Crippen LogP contribution < -0.4 is 22.5 Å². The summed E-state index contributed by atoms with van der Waals surface area (Å²) >= 11 is 0. The van der Waals surface area contributed by atoms with E-state index in [2.05, 4.69) is 10.3 Å². The molecule has 0 spiro atoms. The van der Waals surface area contributed by atoms with Crippen LogP contribution in [0, 0.1) is 0 Å². The molecule has 0 saturated heterocycles. The van der Waals surface area contributed by atoms with E-state index < -0.39 is 6.04 Å². The summed E-state index contributed by atoms with van der Waals surface area (Å²) in [6.45, 7) is 0. The minimum Gasteiger partial charge on any atom is -0.399 e. The van der Waals surface area contributed by atoms with Crippen molar-refractivity contribution in [1.82, 2.24) is 4.98 Å². The van der Waals surface area contributed by atoms with E-state index in [4.69, 9.17) is 17.2 Å². The third kappa shape index (κ3) is 5.40. The Morgan fingerprint density at radius 1 is 0.966 bits per heavy atom. The van der Waals surface area contributed by atoms with Gasteiger partial charge in [-0.3, -0.25) is 9.59 Å². The fourth-order valence-electron chi connectivity index (χ4n) is 2.86. The van der Waals surface area contributed by atoms with Gasteiger partial charge in [0.05, 0.1) is 6.04 Å². The first kappa shape index (κ1) is 20.0. The number of rotatable bonds is 7. The highest BCUT2D eigenvalue weighted by atomic mass is 16.1. The zero-order valence-corrected chi connectivity index (χ0v) is 15.8. The number of benzene rings is 2. The van der Waals surface area contributed by atoms with Crippen molar-refractivity contribution in [2.45, 2.75) is 18.9 Å². The monoisotopic (exact) mass is 389 g/mol. The molecule has 1 unspecified atom stereocenters. The number of nitrogens with two attached hydrogens (primary N) is 3. The van der Waals surface area contributed by atoms with E-state index in [1.165, 1.54) is 6.20 Å². The number of aromatic nitrogens is 1. The molecule has 1 heterocycles. The summed E-state index contributed by atoms with van der Waals surface area (Å²) < 4.78 is 0. The number of ketones is 1. The van der Waals surface area contributed by atoms with E-state index in [9.17, 15) is 9.59 Å². The van der Waals surface area contributed by atoms with Gasteiger partial charge in [0.2, 0.25) is 0 Å². The van der Waals surface area contributed by atoms with Crippen LogP contribution in [-0.2, 0) is 11.2 Å². The lowest BCUT2D eigenvalue weighted by Crippen LogP contribution is -2.22. The van der Waals surface area contributed by atoms with E-state index >= 15 is 0 Å². The van der Waals surface area contributed by atoms with Crippen LogP contribution in [0.3, 0.4) is 0 Å². The van der Waals surface area contributed by atoms with Crippen molar-refractivity contribution in [1.29, 1.82) is 0 Å². The van der Waals surface area contributed by atoms with Crippen molar-refractivity contribution < 1.29 is 9.59 Å². The number of carbonyl (C=O) groups is 2. The Hall–Kier alpha value is -3.71. The highest BCUT2D eigenvalue weighted by Crippen LogP contribution is 2.17. The summed E-state index contributed by atoms with van der Waals surface area (Å²) in [4.78, 5) is 28.7. The zero-order valence-electron chi connectivity index (χ0n) is 15.8. The highest BCUT2D eigenvalue weighted by Gasteiger charge is 2.16. The fourth-order valence-corrected chi connectivity index (χ4v) is 2.86. The van der Waals surface area contributed by atoms with Gasteiger partial charge in [0.1, 0.15) is 5.82 Å². The first-order valence-electron chi connectivity index (χ1n) is 9.18. The maximum Gasteiger partial charge on any atom is 0.255 e. The van der Waals surface area contributed by atoms with Gasteiger partial charge in [-0.1, -0.05) is 24.3 Å². The van der Waals surface area contributed by atoms with E-state index in [-0.39, 0.29) is 11.7 Å². The van der Waals surface area contributed by atoms with Gasteiger partial charge in [-0.25, -0.2) is 4.98 Å². The molecule has 2 aromatic carbocycles. The molecule has 148 valence electrons. The maximum atomic E-state index is 12.4. The van der Waals surface area contributed by atoms with Crippen molar-refractivity contribution in [3.05, 3.63) is 83.6 Å². The number of aryl methyl sites for hydroxylation is 1. The SMILES string of the molecule is Nc1ccc(CCC(=O)C(N)c2ccc(C(=O)Nc3ccnc(N)c3)cc2)cc1. The van der Waals surface area contributed by atoms with Gasteiger partial charge < -0.3 is 22.5 Å². The Morgan fingerprint density at radius 3 is 2.31 bits per heavy atom. The largest absolute Gasteiger partial charge is 0.399 e. The van der Waals surface area contributed by atoms with Crippen LogP contribution in [-0.4, -0.2) is 16.7 Å². The van der Waals surface area contributed by atoms with Crippen molar-refractivity contribution in [2.24, 2.45) is 5.73 Å². The highest BCUT2D eigenvalue weighted by molar-refractivity contribution is 6.04. The third-order valence-electron chi connectivity index (χ3n) is 4.56. The Kier molecular flexibility index (Phi) is 6.21. The summed E-state index contributed by atoms with van der Waals surface area (Å²) in [5, 5.41) is 2.75. The number of pyridine rings is 1. The molecule has 0 bridgehead atoms. The topological polar surface area (TPSA) is 137 Å². The van der Waals surface area contributed by atoms with Crippen LogP contribution in [0.4, 0.5) is 17.2 Å². The van der Waals surface area contributed by atoms with Crippen molar-refractivity contribution in [2.75, 3.05) is 16.8 Å². The molecule has 1 amide bonds. The van der Waals surface area contributed by atoms with Gasteiger partial charge in [-0.15, -0.1) is 0 Å². The second-order valence-electron chi connectivity index (χ2n) is 6.73. The number of Topliss-reactive ketones (excluding diaryl/α,β-unsaturated/α-hetero) is 1. The number of carbonyl (C=O) groups excluding carboxylic acids is 2. The summed E-state index contributed by atoms with van der Waals surface area (Å²) in [6.07, 6.45) is 2.45. The van der Waals surface area contributed by atoms with Gasteiger partial charge in [-0.2, -0.15) is 0 Å². The number of nitrogen functional groups attached to an aromatic ring is 2. The molecule has 7 N–H and O–H groups in total. The van der Waals surface area contributed by atoms with E-state index in [1.807, 2.05) is 24.3 Å². The molecule has 1 atom stereocenters. The Balaban J connectivity index is 1.58. The van der Waals surface area contributed by atoms with Crippen LogP contribution in [0.15, 0.2) is 66.9 Å². The van der Waals surface area contributed by atoms with E-state index in [1.54, 1.807) is 36.4 Å². The second-order valence-corrected chi connectivity index (χ2v) is 6.73. The molecule has 0 aliphatic carbocycles. The maximum absolute atomic E-state index is 12.4. The fraction of sp³-hybridized carbons (Fsp3) is 0.136. The molecular weight excluding hydrogens is 366 g/mol. The first-order chi connectivity index (χ1) is 13.9. The minimum atomic E-state index is -0.735. The summed E-state index contributed by atoms with van der Waals surface area (Å²) in [5.74, 6) is -0.0294. The van der Waals surface area contributed by atoms with Crippen molar-refractivity contribution in [3.8, 4) is 0 Å². The number of nitrogens with one attached hydrogen (secondary N) is 1. The minimum absolute atomic E-state index is 0.0636. The van der Waals surface area contributed by atoms with Gasteiger partial charge in [0.15, 0.2) is 5.78 Å². The lowest BCUT2D eigenvalue weighted by atomic mass is 9.97. The third-order valence-corrected chi connectivity index (χ3v) is 4.56. The standard InChI is InChI=1S/C22H23N5O2/c23-17-8-1-14(2-9-17)3-10-19(28)21(25)15-4-6-16(7-5-15)22(29)27-18-11-12-26-20(24)13-18/h1-2,4-9,11-13,21H,3,10,23,25H2,(H3,24,26,27,29). The second kappa shape index (κ2) is 8.99. The summed E-state index contributed by atoms with van der Waals surface area (Å²) in [6, 6.07) is 16.6. The average molecular weight is 389 g/mol. The van der Waals surface area contributed by atoms with Crippen molar-refractivity contribution >= 4 is 28.9 Å². The molecule has 3 aromatic rings. The van der Waals surface area contributed by atoms with Crippen LogP contribution in [0.5, 0.6) is 0 Å². The molecule has 0 saturated carbocycles. The first-order valence-corrected chi connectivity index (χ1v) is 9.18. The Labute approximate surface area is 168 Å². The number of anilines is 3. The van der Waals surface area contributed by atoms with Crippen LogP contribution in [0.25, 0.3) is 0 Å². The number of hydrogen-bond donors (Lipinski definition) is 4. The summed E-state index contributed by atoms with van der Waals surface area (Å²) in [5.41, 5.74) is 20.8. The van der Waals surface area contributed by atoms with Gasteiger partial charge in [0, 0.05) is 35.6 Å². The Bertz CT molecular complexity index is 1000. The molecule has 0 radical (unpaired) electrons. The molecular formula is C22H23N5O2. The molecule has 29 heavy (non-hydrogen) atoms. The number of amides is 1. The molecule has 7 heteroatoms. The zero-order chi connectivity index (χ0) is 20.8.